The number of halogens is 2. The van der Waals surface area contributed by atoms with Crippen LogP contribution in [0.2, 0.25) is 0 Å². The molecule has 34 heavy (non-hydrogen) atoms. The first-order valence-corrected chi connectivity index (χ1v) is 11.9. The molecule has 0 fully saturated rings. The van der Waals surface area contributed by atoms with Gasteiger partial charge in [-0.05, 0) is 50.7 Å². The molecule has 0 aliphatic carbocycles. The Kier molecular flexibility index (Phi) is 6.49. The van der Waals surface area contributed by atoms with E-state index >= 15 is 0 Å². The molecule has 0 amide bonds. The van der Waals surface area contributed by atoms with Crippen molar-refractivity contribution in [3.63, 3.8) is 0 Å². The van der Waals surface area contributed by atoms with Crippen LogP contribution < -0.4 is 5.32 Å². The second-order valence-electron chi connectivity index (χ2n) is 7.79. The molecule has 4 aromatic rings. The molecule has 0 aliphatic heterocycles. The number of nitrogens with one attached hydrogen (secondary N) is 1. The highest BCUT2D eigenvalue weighted by Gasteiger charge is 2.24. The minimum atomic E-state index is -3.77. The van der Waals surface area contributed by atoms with Crippen molar-refractivity contribution in [2.24, 2.45) is 0 Å². The van der Waals surface area contributed by atoms with Crippen molar-refractivity contribution in [2.75, 3.05) is 7.05 Å². The van der Waals surface area contributed by atoms with Gasteiger partial charge >= 0.3 is 0 Å². The van der Waals surface area contributed by atoms with Crippen LogP contribution in [-0.4, -0.2) is 40.9 Å². The van der Waals surface area contributed by atoms with E-state index in [0.717, 1.165) is 11.6 Å². The molecule has 0 bridgehead atoms. The van der Waals surface area contributed by atoms with Crippen LogP contribution in [0.15, 0.2) is 58.1 Å². The lowest BCUT2D eigenvalue weighted by Crippen LogP contribution is -2.15. The van der Waals surface area contributed by atoms with Crippen molar-refractivity contribution < 1.29 is 21.6 Å². The van der Waals surface area contributed by atoms with Crippen molar-refractivity contribution in [2.45, 2.75) is 30.5 Å². The van der Waals surface area contributed by atoms with E-state index in [2.05, 4.69) is 25.5 Å². The fraction of sp³-hybridized carbons (Fsp3) is 0.217. The number of aromatic nitrogens is 4. The Balaban J connectivity index is 1.65. The highest BCUT2D eigenvalue weighted by molar-refractivity contribution is 7.92. The summed E-state index contributed by atoms with van der Waals surface area (Å²) < 4.78 is 59.3. The average molecular weight is 486 g/mol. The van der Waals surface area contributed by atoms with Crippen LogP contribution >= 0.6 is 0 Å². The van der Waals surface area contributed by atoms with Gasteiger partial charge in [-0.15, -0.1) is 10.2 Å². The third-order valence-corrected chi connectivity index (χ3v) is 7.26. The quantitative estimate of drug-likeness (QED) is 0.418. The molecule has 0 unspecified atom stereocenters. The van der Waals surface area contributed by atoms with Crippen LogP contribution in [0, 0.1) is 11.6 Å². The van der Waals surface area contributed by atoms with Gasteiger partial charge in [0.15, 0.2) is 9.84 Å². The molecule has 0 aliphatic rings. The summed E-state index contributed by atoms with van der Waals surface area (Å²) in [5.41, 5.74) is 1.70. The summed E-state index contributed by atoms with van der Waals surface area (Å²) in [5.74, 6) is -1.40. The Morgan fingerprint density at radius 2 is 1.71 bits per heavy atom. The van der Waals surface area contributed by atoms with Crippen molar-refractivity contribution >= 4 is 9.84 Å². The van der Waals surface area contributed by atoms with Gasteiger partial charge in [0.2, 0.25) is 0 Å². The van der Waals surface area contributed by atoms with Gasteiger partial charge in [0, 0.05) is 12.1 Å². The van der Waals surface area contributed by atoms with E-state index in [1.807, 2.05) is 0 Å². The van der Waals surface area contributed by atoms with Crippen LogP contribution in [-0.2, 0) is 16.4 Å². The fourth-order valence-corrected chi connectivity index (χ4v) is 4.33. The van der Waals surface area contributed by atoms with E-state index in [4.69, 9.17) is 4.42 Å². The van der Waals surface area contributed by atoms with Gasteiger partial charge in [-0.2, -0.15) is 0 Å². The van der Waals surface area contributed by atoms with E-state index in [1.165, 1.54) is 44.4 Å². The standard InChI is InChI=1S/C23H21F2N5O3S/c1-13(2)34(31,32)21-7-5-15(9-18(21)25)19-11-27-12-20(28-19)23-30-29-22(33-23)16-6-4-14(10-26-3)8-17(16)24/h4-9,11-13,26H,10H2,1-3H3. The zero-order valence-corrected chi connectivity index (χ0v) is 19.4. The van der Waals surface area contributed by atoms with Gasteiger partial charge in [-0.1, -0.05) is 12.1 Å². The van der Waals surface area contributed by atoms with Crippen molar-refractivity contribution in [1.82, 2.24) is 25.5 Å². The lowest BCUT2D eigenvalue weighted by atomic mass is 10.1. The summed E-state index contributed by atoms with van der Waals surface area (Å²) in [6.07, 6.45) is 2.77. The van der Waals surface area contributed by atoms with Gasteiger partial charge in [-0.25, -0.2) is 22.2 Å². The van der Waals surface area contributed by atoms with Crippen LogP contribution in [0.4, 0.5) is 8.78 Å². The number of nitrogens with zero attached hydrogens (tertiary/aromatic N) is 4. The largest absolute Gasteiger partial charge is 0.414 e. The summed E-state index contributed by atoms with van der Waals surface area (Å²) in [6, 6.07) is 8.43. The Labute approximate surface area is 195 Å². The molecule has 0 radical (unpaired) electrons. The minimum absolute atomic E-state index is 0.00234. The first-order valence-electron chi connectivity index (χ1n) is 10.3. The Morgan fingerprint density at radius 1 is 0.971 bits per heavy atom. The Morgan fingerprint density at radius 3 is 2.38 bits per heavy atom. The van der Waals surface area contributed by atoms with Gasteiger partial charge in [0.1, 0.15) is 22.2 Å². The van der Waals surface area contributed by atoms with Crippen molar-refractivity contribution in [3.8, 4) is 34.3 Å². The van der Waals surface area contributed by atoms with Crippen LogP contribution in [0.3, 0.4) is 0 Å². The molecule has 1 N–H and O–H groups in total. The lowest BCUT2D eigenvalue weighted by Gasteiger charge is -2.10. The third kappa shape index (κ3) is 4.57. The van der Waals surface area contributed by atoms with Gasteiger partial charge in [-0.3, -0.25) is 4.98 Å². The van der Waals surface area contributed by atoms with Gasteiger partial charge in [0.05, 0.1) is 28.9 Å². The monoisotopic (exact) mass is 485 g/mol. The summed E-state index contributed by atoms with van der Waals surface area (Å²) in [7, 11) is -2.00. The number of benzene rings is 2. The molecule has 2 aromatic carbocycles. The maximum atomic E-state index is 14.6. The second-order valence-corrected chi connectivity index (χ2v) is 10.3. The van der Waals surface area contributed by atoms with Crippen molar-refractivity contribution in [3.05, 3.63) is 66.0 Å². The van der Waals surface area contributed by atoms with Gasteiger partial charge < -0.3 is 9.73 Å². The third-order valence-electron chi connectivity index (χ3n) is 5.08. The summed E-state index contributed by atoms with van der Waals surface area (Å²) >= 11 is 0. The smallest absolute Gasteiger partial charge is 0.268 e. The summed E-state index contributed by atoms with van der Waals surface area (Å²) in [5, 5.41) is 10.0. The molecule has 0 atom stereocenters. The zero-order valence-electron chi connectivity index (χ0n) is 18.6. The number of sulfone groups is 1. The average Bonchev–Trinajstić information content (AvgIpc) is 3.29. The minimum Gasteiger partial charge on any atom is -0.414 e. The van der Waals surface area contributed by atoms with Crippen molar-refractivity contribution in [1.29, 1.82) is 0 Å². The Hall–Kier alpha value is -3.57. The Bertz CT molecular complexity index is 1450. The predicted octanol–water partition coefficient (Wildman–Crippen LogP) is 4.04. The van der Waals surface area contributed by atoms with Crippen LogP contribution in [0.25, 0.3) is 34.3 Å². The number of rotatable bonds is 7. The molecular formula is C23H21F2N5O3S. The topological polar surface area (TPSA) is 111 Å². The molecule has 2 heterocycles. The predicted molar refractivity (Wildman–Crippen MR) is 121 cm³/mol. The molecule has 0 saturated heterocycles. The van der Waals surface area contributed by atoms with Crippen LogP contribution in [0.1, 0.15) is 19.4 Å². The molecule has 11 heteroatoms. The first kappa shape index (κ1) is 23.6. The number of hydrogen-bond donors (Lipinski definition) is 1. The maximum Gasteiger partial charge on any atom is 0.268 e. The lowest BCUT2D eigenvalue weighted by molar-refractivity contribution is 0.561. The molecule has 176 valence electrons. The molecule has 0 saturated carbocycles. The van der Waals surface area contributed by atoms with E-state index < -0.39 is 26.7 Å². The summed E-state index contributed by atoms with van der Waals surface area (Å²) in [6.45, 7) is 3.48. The van der Waals surface area contributed by atoms with E-state index in [0.29, 0.717) is 12.1 Å². The van der Waals surface area contributed by atoms with E-state index in [1.54, 1.807) is 19.2 Å². The van der Waals surface area contributed by atoms with Gasteiger partial charge in [0.25, 0.3) is 11.8 Å². The molecular weight excluding hydrogens is 464 g/mol. The molecule has 4 rings (SSSR count). The maximum absolute atomic E-state index is 14.6. The second kappa shape index (κ2) is 9.35. The fourth-order valence-electron chi connectivity index (χ4n) is 3.23. The SMILES string of the molecule is CNCc1ccc(-c2nnc(-c3cncc(-c4ccc(S(=O)(=O)C(C)C)c(F)c4)n3)o2)c(F)c1. The first-order chi connectivity index (χ1) is 16.2. The van der Waals surface area contributed by atoms with E-state index in [9.17, 15) is 17.2 Å². The normalized spacial score (nSPS) is 11.8. The highest BCUT2D eigenvalue weighted by Crippen LogP contribution is 2.28. The van der Waals surface area contributed by atoms with E-state index in [-0.39, 0.29) is 33.6 Å². The zero-order chi connectivity index (χ0) is 24.5. The van der Waals surface area contributed by atoms with Crippen LogP contribution in [0.5, 0.6) is 0 Å². The summed E-state index contributed by atoms with van der Waals surface area (Å²) in [4.78, 5) is 8.08. The molecule has 2 aromatic heterocycles. The molecule has 8 nitrogen and oxygen atoms in total. The molecule has 0 spiro atoms. The number of hydrogen-bond acceptors (Lipinski definition) is 8. The highest BCUT2D eigenvalue weighted by atomic mass is 32.2.